The van der Waals surface area contributed by atoms with Gasteiger partial charge in [-0.25, -0.2) is 4.39 Å². The van der Waals surface area contributed by atoms with E-state index in [2.05, 4.69) is 10.2 Å². The molecule has 2 aromatic carbocycles. The highest BCUT2D eigenvalue weighted by Gasteiger charge is 2.30. The number of nitrogens with one attached hydrogen (secondary N) is 2. The summed E-state index contributed by atoms with van der Waals surface area (Å²) < 4.78 is 13.1. The molecule has 0 unspecified atom stereocenters. The lowest BCUT2D eigenvalue weighted by Crippen LogP contribution is -3.16. The highest BCUT2D eigenvalue weighted by atomic mass is 19.1. The Hall–Kier alpha value is -2.93. The van der Waals surface area contributed by atoms with Gasteiger partial charge in [0.1, 0.15) is 12.4 Å². The average molecular weight is 369 g/mol. The van der Waals surface area contributed by atoms with Gasteiger partial charge in [0.2, 0.25) is 5.91 Å². The van der Waals surface area contributed by atoms with E-state index >= 15 is 0 Å². The molecular formula is C20H22FN4O2+. The average Bonchev–Trinajstić information content (AvgIpc) is 2.68. The maximum atomic E-state index is 13.1. The first-order valence-corrected chi connectivity index (χ1v) is 9.13. The summed E-state index contributed by atoms with van der Waals surface area (Å²) in [5.41, 5.74) is 2.44. The first kappa shape index (κ1) is 17.5. The first-order valence-electron chi connectivity index (χ1n) is 9.13. The zero-order valence-corrected chi connectivity index (χ0v) is 15.0. The third-order valence-corrected chi connectivity index (χ3v) is 5.14. The Morgan fingerprint density at radius 2 is 1.78 bits per heavy atom. The van der Waals surface area contributed by atoms with Crippen molar-refractivity contribution < 1.29 is 18.9 Å². The Balaban J connectivity index is 1.37. The number of para-hydroxylation sites is 2. The summed E-state index contributed by atoms with van der Waals surface area (Å²) >= 11 is 0. The number of halogens is 1. The molecule has 2 aliphatic heterocycles. The van der Waals surface area contributed by atoms with Gasteiger partial charge in [-0.1, -0.05) is 12.1 Å². The van der Waals surface area contributed by atoms with Crippen molar-refractivity contribution in [1.29, 1.82) is 0 Å². The second-order valence-electron chi connectivity index (χ2n) is 6.94. The third-order valence-electron chi connectivity index (χ3n) is 5.14. The molecule has 7 heteroatoms. The lowest BCUT2D eigenvalue weighted by molar-refractivity contribution is -0.892. The molecule has 4 rings (SSSR count). The molecule has 0 radical (unpaired) electrons. The number of fused-ring (bicyclic) bond motifs is 1. The van der Waals surface area contributed by atoms with Gasteiger partial charge >= 0.3 is 0 Å². The summed E-state index contributed by atoms with van der Waals surface area (Å²) in [6.07, 6.45) is 0. The van der Waals surface area contributed by atoms with Crippen LogP contribution in [0.5, 0.6) is 0 Å². The lowest BCUT2D eigenvalue weighted by Gasteiger charge is -2.35. The van der Waals surface area contributed by atoms with E-state index < -0.39 is 0 Å². The van der Waals surface area contributed by atoms with Gasteiger partial charge in [-0.3, -0.25) is 14.5 Å². The third kappa shape index (κ3) is 3.78. The van der Waals surface area contributed by atoms with Gasteiger partial charge in [-0.2, -0.15) is 0 Å². The van der Waals surface area contributed by atoms with Gasteiger partial charge in [-0.05, 0) is 36.4 Å². The summed E-state index contributed by atoms with van der Waals surface area (Å²) in [5, 5.41) is 2.80. The van der Waals surface area contributed by atoms with Crippen molar-refractivity contribution >= 4 is 28.9 Å². The summed E-state index contributed by atoms with van der Waals surface area (Å²) in [5.74, 6) is -0.444. The smallest absolute Gasteiger partial charge is 0.282 e. The van der Waals surface area contributed by atoms with Crippen LogP contribution in [0.15, 0.2) is 48.5 Å². The van der Waals surface area contributed by atoms with E-state index in [-0.39, 0.29) is 24.2 Å². The molecule has 2 N–H and O–H groups in total. The van der Waals surface area contributed by atoms with Gasteiger partial charge in [0.15, 0.2) is 6.54 Å². The van der Waals surface area contributed by atoms with Crippen LogP contribution in [0.3, 0.4) is 0 Å². The summed E-state index contributed by atoms with van der Waals surface area (Å²) in [7, 11) is 0. The molecule has 1 fully saturated rings. The highest BCUT2D eigenvalue weighted by Crippen LogP contribution is 2.28. The fourth-order valence-corrected chi connectivity index (χ4v) is 3.67. The normalized spacial score (nSPS) is 17.4. The number of hydrogen-bond donors (Lipinski definition) is 2. The number of amides is 2. The molecule has 6 nitrogen and oxygen atoms in total. The number of hydrogen-bond acceptors (Lipinski definition) is 3. The molecule has 0 spiro atoms. The van der Waals surface area contributed by atoms with Crippen molar-refractivity contribution in [2.24, 2.45) is 0 Å². The minimum absolute atomic E-state index is 0.0393. The number of benzene rings is 2. The van der Waals surface area contributed by atoms with E-state index in [1.165, 1.54) is 17.0 Å². The fourth-order valence-electron chi connectivity index (χ4n) is 3.67. The number of quaternary nitrogens is 1. The fraction of sp³-hybridized carbons (Fsp3) is 0.300. The Bertz CT molecular complexity index is 847. The molecule has 0 bridgehead atoms. The molecule has 2 aliphatic rings. The van der Waals surface area contributed by atoms with Crippen molar-refractivity contribution in [3.05, 3.63) is 54.3 Å². The van der Waals surface area contributed by atoms with Crippen LogP contribution in [0.4, 0.5) is 21.5 Å². The Morgan fingerprint density at radius 1 is 1.07 bits per heavy atom. The Morgan fingerprint density at radius 3 is 2.52 bits per heavy atom. The van der Waals surface area contributed by atoms with Gasteiger partial charge in [0, 0.05) is 5.69 Å². The predicted molar refractivity (Wildman–Crippen MR) is 102 cm³/mol. The first-order chi connectivity index (χ1) is 13.1. The maximum Gasteiger partial charge on any atom is 0.282 e. The number of piperazine rings is 1. The van der Waals surface area contributed by atoms with Gasteiger partial charge in [0.05, 0.1) is 37.6 Å². The van der Waals surface area contributed by atoms with E-state index in [9.17, 15) is 14.0 Å². The van der Waals surface area contributed by atoms with E-state index in [0.29, 0.717) is 12.2 Å². The number of nitrogens with zero attached hydrogens (tertiary/aromatic N) is 2. The van der Waals surface area contributed by atoms with Crippen LogP contribution in [-0.2, 0) is 9.59 Å². The Labute approximate surface area is 157 Å². The molecule has 0 aromatic heterocycles. The number of carbonyl (C=O) groups is 2. The molecule has 2 aromatic rings. The van der Waals surface area contributed by atoms with E-state index in [1.54, 1.807) is 23.1 Å². The number of anilines is 3. The van der Waals surface area contributed by atoms with Crippen molar-refractivity contribution in [1.82, 2.24) is 0 Å². The standard InChI is InChI=1S/C20H21FN4O2/c21-15-5-7-16(8-6-15)24-11-9-23(10-12-24)14-20(27)25-13-19(26)22-17-3-1-2-4-18(17)25/h1-8H,9-14H2,(H,22,26)/p+1. The summed E-state index contributed by atoms with van der Waals surface area (Å²) in [6.45, 7) is 3.69. The summed E-state index contributed by atoms with van der Waals surface area (Å²) in [6, 6.07) is 13.9. The van der Waals surface area contributed by atoms with Crippen molar-refractivity contribution in [3.8, 4) is 0 Å². The van der Waals surface area contributed by atoms with Crippen LogP contribution < -0.4 is 20.0 Å². The topological polar surface area (TPSA) is 57.1 Å². The second kappa shape index (κ2) is 7.36. The SMILES string of the molecule is O=C1CN(C(=O)C[NH+]2CCN(c3ccc(F)cc3)CC2)c2ccccc2N1. The van der Waals surface area contributed by atoms with Gasteiger partial charge < -0.3 is 15.1 Å². The van der Waals surface area contributed by atoms with Crippen LogP contribution in [0.1, 0.15) is 0 Å². The van der Waals surface area contributed by atoms with Crippen molar-refractivity contribution in [3.63, 3.8) is 0 Å². The molecule has 0 aliphatic carbocycles. The molecular weight excluding hydrogens is 347 g/mol. The van der Waals surface area contributed by atoms with Crippen LogP contribution >= 0.6 is 0 Å². The molecule has 1 saturated heterocycles. The number of rotatable bonds is 3. The minimum atomic E-state index is -0.237. The highest BCUT2D eigenvalue weighted by molar-refractivity contribution is 6.10. The number of carbonyl (C=O) groups excluding carboxylic acids is 2. The zero-order chi connectivity index (χ0) is 18.8. The van der Waals surface area contributed by atoms with Gasteiger partial charge in [0.25, 0.3) is 5.91 Å². The zero-order valence-electron chi connectivity index (χ0n) is 15.0. The van der Waals surface area contributed by atoms with Crippen LogP contribution in [0, 0.1) is 5.82 Å². The van der Waals surface area contributed by atoms with Crippen molar-refractivity contribution in [2.75, 3.05) is 54.4 Å². The molecule has 0 atom stereocenters. The predicted octanol–water partition coefficient (Wildman–Crippen LogP) is 0.516. The molecule has 0 saturated carbocycles. The van der Waals surface area contributed by atoms with E-state index in [1.807, 2.05) is 18.2 Å². The quantitative estimate of drug-likeness (QED) is 0.829. The van der Waals surface area contributed by atoms with Crippen LogP contribution in [0.2, 0.25) is 0 Å². The molecule has 140 valence electrons. The van der Waals surface area contributed by atoms with Crippen LogP contribution in [0.25, 0.3) is 0 Å². The maximum absolute atomic E-state index is 13.1. The lowest BCUT2D eigenvalue weighted by atomic mass is 10.2. The molecule has 2 amide bonds. The monoisotopic (exact) mass is 369 g/mol. The summed E-state index contributed by atoms with van der Waals surface area (Å²) in [4.78, 5) is 29.7. The molecule has 27 heavy (non-hydrogen) atoms. The van der Waals surface area contributed by atoms with E-state index in [4.69, 9.17) is 0 Å². The Kier molecular flexibility index (Phi) is 4.77. The van der Waals surface area contributed by atoms with Gasteiger partial charge in [-0.15, -0.1) is 0 Å². The molecule has 2 heterocycles. The largest absolute Gasteiger partial charge is 0.360 e. The minimum Gasteiger partial charge on any atom is -0.360 e. The van der Waals surface area contributed by atoms with Crippen molar-refractivity contribution in [2.45, 2.75) is 0 Å². The second-order valence-corrected chi connectivity index (χ2v) is 6.94. The van der Waals surface area contributed by atoms with Crippen LogP contribution in [-0.4, -0.2) is 51.1 Å². The van der Waals surface area contributed by atoms with E-state index in [0.717, 1.165) is 37.6 Å².